The average Bonchev–Trinajstić information content (AvgIpc) is 2.75. The largest absolute Gasteiger partial charge is 0.460 e. The lowest BCUT2D eigenvalue weighted by molar-refractivity contribution is -0.140. The van der Waals surface area contributed by atoms with Gasteiger partial charge in [0.2, 0.25) is 0 Å². The molecule has 0 aromatic rings. The van der Waals surface area contributed by atoms with E-state index < -0.39 is 5.97 Å². The Morgan fingerprint density at radius 3 is 1.57 bits per heavy atom. The highest BCUT2D eigenvalue weighted by Gasteiger charge is 2.12. The number of hydrogen-bond acceptors (Lipinski definition) is 9. The summed E-state index contributed by atoms with van der Waals surface area (Å²) in [6.45, 7) is 13.0. The third-order valence-electron chi connectivity index (χ3n) is 4.16. The minimum Gasteiger partial charge on any atom is -0.460 e. The fourth-order valence-corrected chi connectivity index (χ4v) is 2.53. The van der Waals surface area contributed by atoms with Crippen LogP contribution in [0.2, 0.25) is 0 Å². The summed E-state index contributed by atoms with van der Waals surface area (Å²) in [5.74, 6) is -0.402. The van der Waals surface area contributed by atoms with Crippen LogP contribution in [-0.2, 0) is 38.0 Å². The summed E-state index contributed by atoms with van der Waals surface area (Å²) in [6.07, 6.45) is 2.53. The van der Waals surface area contributed by atoms with Crippen molar-refractivity contribution in [1.29, 1.82) is 0 Å². The van der Waals surface area contributed by atoms with Crippen LogP contribution in [0.3, 0.4) is 0 Å². The maximum absolute atomic E-state index is 11.1. The van der Waals surface area contributed by atoms with Crippen LogP contribution < -0.4 is 5.32 Å². The van der Waals surface area contributed by atoms with Crippen LogP contribution in [0.25, 0.3) is 0 Å². The Labute approximate surface area is 180 Å². The van der Waals surface area contributed by atoms with Gasteiger partial charge in [0.15, 0.2) is 0 Å². The van der Waals surface area contributed by atoms with Gasteiger partial charge in [-0.25, -0.2) is 4.79 Å². The van der Waals surface area contributed by atoms with Gasteiger partial charge in [-0.05, 0) is 32.9 Å². The normalized spacial score (nSPS) is 14.7. The van der Waals surface area contributed by atoms with E-state index in [0.29, 0.717) is 84.4 Å². The maximum Gasteiger partial charge on any atom is 0.333 e. The minimum absolute atomic E-state index is 0.214. The summed E-state index contributed by atoms with van der Waals surface area (Å²) >= 11 is 0. The first kappa shape index (κ1) is 27.0. The van der Waals surface area contributed by atoms with E-state index in [1.165, 1.54) is 0 Å². The lowest BCUT2D eigenvalue weighted by Crippen LogP contribution is -2.33. The first-order valence-electron chi connectivity index (χ1n) is 10.7. The van der Waals surface area contributed by atoms with E-state index in [4.69, 9.17) is 33.2 Å². The van der Waals surface area contributed by atoms with Crippen molar-refractivity contribution in [1.82, 2.24) is 5.32 Å². The van der Waals surface area contributed by atoms with Gasteiger partial charge in [-0.15, -0.1) is 0 Å². The van der Waals surface area contributed by atoms with E-state index in [-0.39, 0.29) is 6.61 Å². The number of hydrogen-bond donors (Lipinski definition) is 1. The molecule has 0 unspecified atom stereocenters. The lowest BCUT2D eigenvalue weighted by atomic mass is 10.1. The van der Waals surface area contributed by atoms with E-state index >= 15 is 0 Å². The highest BCUT2D eigenvalue weighted by Crippen LogP contribution is 2.06. The predicted molar refractivity (Wildman–Crippen MR) is 112 cm³/mol. The Balaban J connectivity index is 1.67. The van der Waals surface area contributed by atoms with Crippen molar-refractivity contribution in [3.8, 4) is 0 Å². The van der Waals surface area contributed by atoms with Gasteiger partial charge in [0.1, 0.15) is 6.61 Å². The molecule has 0 saturated carbocycles. The number of ether oxygens (including phenoxy) is 7. The van der Waals surface area contributed by atoms with Crippen LogP contribution in [0, 0.1) is 0 Å². The molecule has 9 heteroatoms. The smallest absolute Gasteiger partial charge is 0.333 e. The predicted octanol–water partition coefficient (Wildman–Crippen LogP) is 0.957. The molecule has 0 spiro atoms. The number of piperidine rings is 1. The summed E-state index contributed by atoms with van der Waals surface area (Å²) in [5.41, 5.74) is 0.380. The fraction of sp³-hybridized carbons (Fsp3) is 0.857. The number of carbonyl (C=O) groups is 1. The van der Waals surface area contributed by atoms with Crippen molar-refractivity contribution in [2.24, 2.45) is 0 Å². The van der Waals surface area contributed by atoms with Crippen molar-refractivity contribution in [3.63, 3.8) is 0 Å². The Morgan fingerprint density at radius 1 is 0.733 bits per heavy atom. The molecule has 0 aromatic carbocycles. The molecule has 0 atom stereocenters. The zero-order valence-electron chi connectivity index (χ0n) is 18.4. The van der Waals surface area contributed by atoms with Gasteiger partial charge in [0, 0.05) is 5.57 Å². The molecule has 0 aliphatic carbocycles. The van der Waals surface area contributed by atoms with E-state index in [1.807, 2.05) is 0 Å². The summed E-state index contributed by atoms with van der Waals surface area (Å²) in [4.78, 5) is 11.1. The second-order valence-electron chi connectivity index (χ2n) is 6.80. The molecule has 1 saturated heterocycles. The van der Waals surface area contributed by atoms with Crippen molar-refractivity contribution in [3.05, 3.63) is 12.2 Å². The van der Waals surface area contributed by atoms with Gasteiger partial charge in [0.05, 0.1) is 78.8 Å². The molecule has 0 aromatic heterocycles. The Hall–Kier alpha value is -1.07. The van der Waals surface area contributed by atoms with Crippen LogP contribution in [0.4, 0.5) is 0 Å². The molecule has 1 N–H and O–H groups in total. The standard InChI is InChI=1S/C21H39NO8/c1-19(2)21(23)30-18-16-28-14-12-26-10-8-24-7-9-25-11-13-27-15-17-29-20-3-5-22-6-4-20/h20,22H,1,3-18H2,2H3. The van der Waals surface area contributed by atoms with E-state index in [2.05, 4.69) is 11.9 Å². The van der Waals surface area contributed by atoms with E-state index in [0.717, 1.165) is 25.9 Å². The van der Waals surface area contributed by atoms with Crippen molar-refractivity contribution in [2.45, 2.75) is 25.9 Å². The second kappa shape index (κ2) is 19.9. The highest BCUT2D eigenvalue weighted by molar-refractivity contribution is 5.86. The molecule has 0 bridgehead atoms. The number of carbonyl (C=O) groups excluding carboxylic acids is 1. The molecule has 1 aliphatic heterocycles. The zero-order valence-corrected chi connectivity index (χ0v) is 18.4. The molecule has 1 rings (SSSR count). The minimum atomic E-state index is -0.402. The first-order chi connectivity index (χ1) is 14.7. The van der Waals surface area contributed by atoms with Gasteiger partial charge >= 0.3 is 5.97 Å². The monoisotopic (exact) mass is 433 g/mol. The molecule has 0 radical (unpaired) electrons. The third kappa shape index (κ3) is 16.7. The number of rotatable bonds is 20. The average molecular weight is 434 g/mol. The van der Waals surface area contributed by atoms with Crippen molar-refractivity contribution < 1.29 is 38.0 Å². The van der Waals surface area contributed by atoms with Gasteiger partial charge in [-0.2, -0.15) is 0 Å². The summed E-state index contributed by atoms with van der Waals surface area (Å²) < 4.78 is 37.7. The molecular formula is C21H39NO8. The molecule has 30 heavy (non-hydrogen) atoms. The summed E-state index contributed by atoms with van der Waals surface area (Å²) in [5, 5.41) is 3.32. The Kier molecular flexibility index (Phi) is 17.9. The molecule has 1 heterocycles. The van der Waals surface area contributed by atoms with Crippen molar-refractivity contribution >= 4 is 5.97 Å². The molecular weight excluding hydrogens is 394 g/mol. The lowest BCUT2D eigenvalue weighted by Gasteiger charge is -2.22. The zero-order chi connectivity index (χ0) is 21.7. The maximum atomic E-state index is 11.1. The van der Waals surface area contributed by atoms with Crippen LogP contribution in [-0.4, -0.2) is 104 Å². The van der Waals surface area contributed by atoms with Crippen LogP contribution in [0.1, 0.15) is 19.8 Å². The van der Waals surface area contributed by atoms with Gasteiger partial charge in [0.25, 0.3) is 0 Å². The Morgan fingerprint density at radius 2 is 1.13 bits per heavy atom. The number of nitrogens with one attached hydrogen (secondary N) is 1. The summed E-state index contributed by atoms with van der Waals surface area (Å²) in [6, 6.07) is 0. The van der Waals surface area contributed by atoms with Crippen LogP contribution in [0.15, 0.2) is 12.2 Å². The second-order valence-corrected chi connectivity index (χ2v) is 6.80. The number of esters is 1. The van der Waals surface area contributed by atoms with Crippen LogP contribution >= 0.6 is 0 Å². The van der Waals surface area contributed by atoms with Crippen LogP contribution in [0.5, 0.6) is 0 Å². The first-order valence-corrected chi connectivity index (χ1v) is 10.7. The fourth-order valence-electron chi connectivity index (χ4n) is 2.53. The van der Waals surface area contributed by atoms with E-state index in [1.54, 1.807) is 6.92 Å². The summed E-state index contributed by atoms with van der Waals surface area (Å²) in [7, 11) is 0. The van der Waals surface area contributed by atoms with Gasteiger partial charge in [-0.1, -0.05) is 6.58 Å². The molecule has 0 amide bonds. The van der Waals surface area contributed by atoms with Crippen molar-refractivity contribution in [2.75, 3.05) is 92.4 Å². The van der Waals surface area contributed by atoms with Gasteiger partial charge < -0.3 is 38.5 Å². The SMILES string of the molecule is C=C(C)C(=O)OCCOCCOCCOCCOCCOCCOC1CCNCC1. The molecule has 1 fully saturated rings. The molecule has 9 nitrogen and oxygen atoms in total. The van der Waals surface area contributed by atoms with E-state index in [9.17, 15) is 4.79 Å². The topological polar surface area (TPSA) is 93.7 Å². The Bertz CT molecular complexity index is 429. The van der Waals surface area contributed by atoms with Gasteiger partial charge in [-0.3, -0.25) is 0 Å². The quantitative estimate of drug-likeness (QED) is 0.171. The molecule has 1 aliphatic rings. The third-order valence-corrected chi connectivity index (χ3v) is 4.16. The molecule has 176 valence electrons. The highest BCUT2D eigenvalue weighted by atomic mass is 16.6.